The van der Waals surface area contributed by atoms with E-state index >= 15 is 0 Å². The molecule has 1 saturated heterocycles. The van der Waals surface area contributed by atoms with Crippen LogP contribution in [0.5, 0.6) is 0 Å². The molecule has 0 saturated carbocycles. The summed E-state index contributed by atoms with van der Waals surface area (Å²) in [5.41, 5.74) is 0.539. The number of carbonyl (C=O) groups is 1. The molecule has 1 atom stereocenters. The maximum Gasteiger partial charge on any atom is 0.410 e. The molecular weight excluding hydrogens is 390 g/mol. The number of rotatable bonds is 7. The summed E-state index contributed by atoms with van der Waals surface area (Å²) < 4.78 is 35.2. The van der Waals surface area contributed by atoms with E-state index in [1.807, 2.05) is 34.6 Å². The Hall–Kier alpha value is -1.60. The first-order valence-electron chi connectivity index (χ1n) is 10.4. The normalized spacial score (nSPS) is 17.2. The zero-order valence-electron chi connectivity index (χ0n) is 18.3. The number of amides is 1. The van der Waals surface area contributed by atoms with Crippen LogP contribution in [0.25, 0.3) is 0 Å². The van der Waals surface area contributed by atoms with E-state index in [1.165, 1.54) is 0 Å². The van der Waals surface area contributed by atoms with Gasteiger partial charge in [0.25, 0.3) is 10.1 Å². The lowest BCUT2D eigenvalue weighted by atomic mass is 9.89. The van der Waals surface area contributed by atoms with E-state index in [9.17, 15) is 13.2 Å². The Morgan fingerprint density at radius 3 is 2.31 bits per heavy atom. The number of hydrogen-bond acceptors (Lipinski definition) is 5. The highest BCUT2D eigenvalue weighted by atomic mass is 32.2. The fourth-order valence-corrected chi connectivity index (χ4v) is 4.33. The molecule has 29 heavy (non-hydrogen) atoms. The van der Waals surface area contributed by atoms with E-state index in [0.717, 1.165) is 31.2 Å². The van der Waals surface area contributed by atoms with Gasteiger partial charge in [-0.15, -0.1) is 0 Å². The van der Waals surface area contributed by atoms with E-state index in [0.29, 0.717) is 19.0 Å². The van der Waals surface area contributed by atoms with Crippen molar-refractivity contribution in [3.05, 3.63) is 29.8 Å². The van der Waals surface area contributed by atoms with Crippen LogP contribution in [0.2, 0.25) is 0 Å². The Morgan fingerprint density at radius 2 is 1.76 bits per heavy atom. The van der Waals surface area contributed by atoms with Gasteiger partial charge in [-0.25, -0.2) is 4.79 Å². The zero-order chi connectivity index (χ0) is 21.7. The predicted octanol–water partition coefficient (Wildman–Crippen LogP) is 4.76. The van der Waals surface area contributed by atoms with Crippen molar-refractivity contribution in [1.29, 1.82) is 0 Å². The molecule has 1 amide bonds. The Kier molecular flexibility index (Phi) is 8.11. The average molecular weight is 426 g/mol. The fraction of sp³-hybridized carbons (Fsp3) is 0.682. The van der Waals surface area contributed by atoms with Crippen molar-refractivity contribution in [2.75, 3.05) is 19.7 Å². The fourth-order valence-electron chi connectivity index (χ4n) is 3.31. The highest BCUT2D eigenvalue weighted by Gasteiger charge is 2.27. The van der Waals surface area contributed by atoms with Gasteiger partial charge in [0.15, 0.2) is 0 Å². The maximum atomic E-state index is 12.3. The molecule has 7 heteroatoms. The molecule has 0 spiro atoms. The van der Waals surface area contributed by atoms with Crippen LogP contribution >= 0.6 is 0 Å². The van der Waals surface area contributed by atoms with Gasteiger partial charge < -0.3 is 9.64 Å². The Morgan fingerprint density at radius 1 is 1.17 bits per heavy atom. The third-order valence-corrected chi connectivity index (χ3v) is 6.45. The summed E-state index contributed by atoms with van der Waals surface area (Å²) in [5.74, 6) is 0.698. The molecule has 164 valence electrons. The second kappa shape index (κ2) is 9.94. The number of carbonyl (C=O) groups excluding carboxylic acids is 1. The molecule has 0 radical (unpaired) electrons. The first-order valence-corrected chi connectivity index (χ1v) is 11.8. The van der Waals surface area contributed by atoms with Crippen LogP contribution in [-0.2, 0) is 19.0 Å². The van der Waals surface area contributed by atoms with Gasteiger partial charge in [-0.2, -0.15) is 8.42 Å². The number of nitrogens with zero attached hydrogens (tertiary/aromatic N) is 1. The van der Waals surface area contributed by atoms with Crippen molar-refractivity contribution in [2.45, 2.75) is 70.8 Å². The van der Waals surface area contributed by atoms with Crippen LogP contribution in [0.3, 0.4) is 0 Å². The van der Waals surface area contributed by atoms with Crippen LogP contribution in [0.1, 0.15) is 58.9 Å². The van der Waals surface area contributed by atoms with E-state index in [-0.39, 0.29) is 23.5 Å². The minimum atomic E-state index is -3.71. The van der Waals surface area contributed by atoms with Gasteiger partial charge in [-0.3, -0.25) is 4.18 Å². The molecule has 0 unspecified atom stereocenters. The quantitative estimate of drug-likeness (QED) is 0.589. The highest BCUT2D eigenvalue weighted by Crippen LogP contribution is 2.25. The number of piperidine rings is 1. The number of likely N-dealkylation sites (tertiary alicyclic amines) is 1. The van der Waals surface area contributed by atoms with Crippen molar-refractivity contribution in [3.8, 4) is 0 Å². The van der Waals surface area contributed by atoms with E-state index in [2.05, 4.69) is 0 Å². The van der Waals surface area contributed by atoms with Crippen molar-refractivity contribution in [1.82, 2.24) is 4.90 Å². The maximum absolute atomic E-state index is 12.3. The second-order valence-electron chi connectivity index (χ2n) is 9.14. The average Bonchev–Trinajstić information content (AvgIpc) is 2.64. The summed E-state index contributed by atoms with van der Waals surface area (Å²) in [6.45, 7) is 11.2. The van der Waals surface area contributed by atoms with Gasteiger partial charge in [0.05, 0.1) is 11.5 Å². The first-order chi connectivity index (χ1) is 13.5. The lowest BCUT2D eigenvalue weighted by Gasteiger charge is -2.33. The van der Waals surface area contributed by atoms with E-state index < -0.39 is 15.7 Å². The third kappa shape index (κ3) is 7.97. The van der Waals surface area contributed by atoms with Gasteiger partial charge >= 0.3 is 6.09 Å². The molecule has 6 nitrogen and oxygen atoms in total. The second-order valence-corrected chi connectivity index (χ2v) is 10.8. The van der Waals surface area contributed by atoms with Gasteiger partial charge in [0.1, 0.15) is 5.60 Å². The largest absolute Gasteiger partial charge is 0.444 e. The molecule has 0 N–H and O–H groups in total. The third-order valence-electron chi connectivity index (χ3n) is 5.15. The number of aryl methyl sites for hydroxylation is 1. The molecule has 1 aliphatic heterocycles. The standard InChI is InChI=1S/C22H35NO5S/c1-17-7-10-20(11-8-17)29(25,26)27-16-18(2)6-9-19-12-14-23(15-13-19)21(24)28-22(3,4)5/h7-8,10-11,18-19H,6,9,12-16H2,1-5H3/t18-/m0/s1. The number of benzene rings is 1. The minimum Gasteiger partial charge on any atom is -0.444 e. The molecule has 2 rings (SSSR count). The lowest BCUT2D eigenvalue weighted by molar-refractivity contribution is 0.0179. The minimum absolute atomic E-state index is 0.152. The highest BCUT2D eigenvalue weighted by molar-refractivity contribution is 7.86. The summed E-state index contributed by atoms with van der Waals surface area (Å²) >= 11 is 0. The first kappa shape index (κ1) is 23.7. The molecule has 1 aromatic rings. The Balaban J connectivity index is 1.70. The van der Waals surface area contributed by atoms with Crippen LogP contribution in [-0.4, -0.2) is 44.7 Å². The van der Waals surface area contributed by atoms with Crippen LogP contribution in [0, 0.1) is 18.8 Å². The Bertz CT molecular complexity index is 759. The molecule has 1 heterocycles. The molecule has 0 aliphatic carbocycles. The van der Waals surface area contributed by atoms with Gasteiger partial charge in [-0.1, -0.05) is 24.6 Å². The molecule has 1 fully saturated rings. The van der Waals surface area contributed by atoms with Crippen molar-refractivity contribution in [3.63, 3.8) is 0 Å². The van der Waals surface area contributed by atoms with Gasteiger partial charge in [0.2, 0.25) is 0 Å². The number of ether oxygens (including phenoxy) is 1. The van der Waals surface area contributed by atoms with E-state index in [1.54, 1.807) is 29.2 Å². The van der Waals surface area contributed by atoms with Crippen LogP contribution < -0.4 is 0 Å². The van der Waals surface area contributed by atoms with Gasteiger partial charge in [-0.05, 0) is 77.3 Å². The van der Waals surface area contributed by atoms with Crippen LogP contribution in [0.15, 0.2) is 29.2 Å². The molecule has 0 aromatic heterocycles. The summed E-state index contributed by atoms with van der Waals surface area (Å²) in [6, 6.07) is 6.69. The summed E-state index contributed by atoms with van der Waals surface area (Å²) in [6.07, 6.45) is 3.58. The van der Waals surface area contributed by atoms with E-state index in [4.69, 9.17) is 8.92 Å². The summed E-state index contributed by atoms with van der Waals surface area (Å²) in [4.78, 5) is 14.1. The summed E-state index contributed by atoms with van der Waals surface area (Å²) in [5, 5.41) is 0. The van der Waals surface area contributed by atoms with Crippen molar-refractivity contribution < 1.29 is 22.1 Å². The summed E-state index contributed by atoms with van der Waals surface area (Å²) in [7, 11) is -3.71. The monoisotopic (exact) mass is 425 g/mol. The number of hydrogen-bond donors (Lipinski definition) is 0. The topological polar surface area (TPSA) is 72.9 Å². The molecule has 1 aromatic carbocycles. The van der Waals surface area contributed by atoms with Crippen LogP contribution in [0.4, 0.5) is 4.79 Å². The van der Waals surface area contributed by atoms with Gasteiger partial charge in [0, 0.05) is 13.1 Å². The zero-order valence-corrected chi connectivity index (χ0v) is 19.1. The molecule has 0 bridgehead atoms. The van der Waals surface area contributed by atoms with Crippen molar-refractivity contribution in [2.24, 2.45) is 11.8 Å². The smallest absolute Gasteiger partial charge is 0.410 e. The predicted molar refractivity (Wildman–Crippen MR) is 113 cm³/mol. The molecular formula is C22H35NO5S. The SMILES string of the molecule is Cc1ccc(S(=O)(=O)OC[C@@H](C)CCC2CCN(C(=O)OC(C)(C)C)CC2)cc1. The molecule has 1 aliphatic rings. The Labute approximate surface area is 175 Å². The lowest BCUT2D eigenvalue weighted by Crippen LogP contribution is -2.41. The van der Waals surface area contributed by atoms with Crippen molar-refractivity contribution >= 4 is 16.2 Å².